The molecule has 4 rings (SSSR count). The molecule has 3 aliphatic rings. The van der Waals surface area contributed by atoms with Gasteiger partial charge in [-0.05, 0) is 30.1 Å². The summed E-state index contributed by atoms with van der Waals surface area (Å²) in [5, 5.41) is 2.96. The third kappa shape index (κ3) is 2.63. The van der Waals surface area contributed by atoms with Crippen LogP contribution in [-0.4, -0.2) is 42.1 Å². The number of carbonyl (C=O) groups excluding carboxylic acids is 2. The average Bonchev–Trinajstić information content (AvgIpc) is 3.17. The average molecular weight is 326 g/mol. The molecule has 0 aromatic heterocycles. The molecule has 1 saturated carbocycles. The van der Waals surface area contributed by atoms with Gasteiger partial charge in [0.05, 0.1) is 13.1 Å². The number of imide groups is 1. The molecule has 1 saturated heterocycles. The molecule has 0 radical (unpaired) electrons. The molecule has 3 amide bonds. The number of urea groups is 1. The van der Waals surface area contributed by atoms with Gasteiger partial charge < -0.3 is 10.2 Å². The normalized spacial score (nSPS) is 25.9. The molecule has 2 N–H and O–H groups in total. The van der Waals surface area contributed by atoms with Gasteiger partial charge in [-0.2, -0.15) is 0 Å². The smallest absolute Gasteiger partial charge is 0.323 e. The van der Waals surface area contributed by atoms with E-state index < -0.39 is 5.54 Å². The highest BCUT2D eigenvalue weighted by Crippen LogP contribution is 2.34. The van der Waals surface area contributed by atoms with E-state index in [1.54, 1.807) is 0 Å². The first-order valence-corrected chi connectivity index (χ1v) is 8.90. The first-order chi connectivity index (χ1) is 11.7. The third-order valence-electron chi connectivity index (χ3n) is 5.61. The molecule has 5 nitrogen and oxygen atoms in total. The summed E-state index contributed by atoms with van der Waals surface area (Å²) in [5.74, 6) is -0.00432. The van der Waals surface area contributed by atoms with Gasteiger partial charge in [0.2, 0.25) is 0 Å². The number of hydrogen-bond acceptors (Lipinski definition) is 2. The zero-order valence-corrected chi connectivity index (χ0v) is 13.9. The van der Waals surface area contributed by atoms with Crippen molar-refractivity contribution < 1.29 is 14.5 Å². The molecule has 126 valence electrons. The van der Waals surface area contributed by atoms with Crippen LogP contribution in [0.4, 0.5) is 4.79 Å². The fraction of sp³-hybridized carbons (Fsp3) is 0.474. The second kappa shape index (κ2) is 6.06. The minimum Gasteiger partial charge on any atom is -0.323 e. The number of hydrogen-bond donors (Lipinski definition) is 2. The summed E-state index contributed by atoms with van der Waals surface area (Å²) in [4.78, 5) is 27.7. The van der Waals surface area contributed by atoms with E-state index in [-0.39, 0.29) is 11.9 Å². The monoisotopic (exact) mass is 326 g/mol. The van der Waals surface area contributed by atoms with Crippen LogP contribution in [0.2, 0.25) is 0 Å². The van der Waals surface area contributed by atoms with Crippen LogP contribution in [0.25, 0.3) is 5.57 Å². The van der Waals surface area contributed by atoms with Crippen molar-refractivity contribution in [3.8, 4) is 0 Å². The molecular formula is C19H24N3O2+. The maximum absolute atomic E-state index is 12.7. The first kappa shape index (κ1) is 15.4. The Morgan fingerprint density at radius 2 is 1.88 bits per heavy atom. The molecule has 2 fully saturated rings. The molecule has 5 heteroatoms. The molecule has 1 aliphatic carbocycles. The summed E-state index contributed by atoms with van der Waals surface area (Å²) in [5.41, 5.74) is 2.05. The summed E-state index contributed by atoms with van der Waals surface area (Å²) < 4.78 is 0. The summed E-state index contributed by atoms with van der Waals surface area (Å²) in [6.45, 7) is 2.28. The molecule has 0 bridgehead atoms. The zero-order valence-electron chi connectivity index (χ0n) is 13.9. The van der Waals surface area contributed by atoms with Crippen molar-refractivity contribution >= 4 is 17.5 Å². The highest BCUT2D eigenvalue weighted by Gasteiger charge is 2.53. The predicted molar refractivity (Wildman–Crippen MR) is 91.2 cm³/mol. The van der Waals surface area contributed by atoms with Gasteiger partial charge in [-0.15, -0.1) is 0 Å². The Labute approximate surface area is 142 Å². The van der Waals surface area contributed by atoms with Gasteiger partial charge in [0, 0.05) is 6.42 Å². The van der Waals surface area contributed by atoms with Gasteiger partial charge in [-0.25, -0.2) is 9.69 Å². The van der Waals surface area contributed by atoms with Crippen molar-refractivity contribution in [1.29, 1.82) is 0 Å². The molecular weight excluding hydrogens is 302 g/mol. The van der Waals surface area contributed by atoms with E-state index in [2.05, 4.69) is 35.7 Å². The molecule has 24 heavy (non-hydrogen) atoms. The van der Waals surface area contributed by atoms with Crippen LogP contribution in [0, 0.1) is 0 Å². The Morgan fingerprint density at radius 1 is 1.12 bits per heavy atom. The molecule has 1 unspecified atom stereocenters. The minimum absolute atomic E-state index is 0.00432. The van der Waals surface area contributed by atoms with Crippen molar-refractivity contribution in [3.63, 3.8) is 0 Å². The van der Waals surface area contributed by atoms with E-state index >= 15 is 0 Å². The van der Waals surface area contributed by atoms with Crippen LogP contribution < -0.4 is 10.2 Å². The Hall–Kier alpha value is -2.14. The number of nitrogens with zero attached hydrogens (tertiary/aromatic N) is 1. The Kier molecular flexibility index (Phi) is 3.88. The minimum atomic E-state index is -0.586. The number of carbonyl (C=O) groups is 2. The van der Waals surface area contributed by atoms with Crippen molar-refractivity contribution in [1.82, 2.24) is 10.2 Å². The van der Waals surface area contributed by atoms with Gasteiger partial charge in [-0.3, -0.25) is 4.79 Å². The van der Waals surface area contributed by atoms with E-state index in [9.17, 15) is 9.59 Å². The number of nitrogens with one attached hydrogen (secondary N) is 2. The second-order valence-corrected chi connectivity index (χ2v) is 7.16. The molecule has 1 aromatic rings. The van der Waals surface area contributed by atoms with Crippen LogP contribution in [0.15, 0.2) is 36.4 Å². The SMILES string of the molecule is O=C1NC2(CCCC2)C(=O)N1C[NH+]1CC=C(c2ccccc2)CC1. The van der Waals surface area contributed by atoms with Crippen LogP contribution in [0.3, 0.4) is 0 Å². The predicted octanol–water partition coefficient (Wildman–Crippen LogP) is 1.18. The van der Waals surface area contributed by atoms with E-state index in [4.69, 9.17) is 0 Å². The van der Waals surface area contributed by atoms with Crippen LogP contribution >= 0.6 is 0 Å². The van der Waals surface area contributed by atoms with Crippen molar-refractivity contribution in [2.24, 2.45) is 0 Å². The van der Waals surface area contributed by atoms with Crippen LogP contribution in [-0.2, 0) is 4.79 Å². The van der Waals surface area contributed by atoms with E-state index in [1.165, 1.54) is 20.9 Å². The van der Waals surface area contributed by atoms with Crippen molar-refractivity contribution in [2.75, 3.05) is 19.8 Å². The maximum atomic E-state index is 12.7. The highest BCUT2D eigenvalue weighted by molar-refractivity contribution is 6.07. The van der Waals surface area contributed by atoms with Crippen LogP contribution in [0.5, 0.6) is 0 Å². The zero-order chi connectivity index (χ0) is 16.6. The summed E-state index contributed by atoms with van der Waals surface area (Å²) in [7, 11) is 0. The lowest BCUT2D eigenvalue weighted by atomic mass is 9.98. The highest BCUT2D eigenvalue weighted by atomic mass is 16.2. The van der Waals surface area contributed by atoms with E-state index in [1.807, 2.05) is 6.07 Å². The van der Waals surface area contributed by atoms with Gasteiger partial charge in [0.15, 0.2) is 6.67 Å². The number of quaternary nitrogens is 1. The fourth-order valence-electron chi connectivity index (χ4n) is 4.20. The first-order valence-electron chi connectivity index (χ1n) is 8.90. The number of amides is 3. The Bertz CT molecular complexity index is 677. The van der Waals surface area contributed by atoms with Crippen molar-refractivity contribution in [2.45, 2.75) is 37.6 Å². The summed E-state index contributed by atoms with van der Waals surface area (Å²) in [6.07, 6.45) is 6.87. The Balaban J connectivity index is 1.41. The standard InChI is InChI=1S/C19H23N3O2/c23-17-19(10-4-5-11-19)20-18(24)22(17)14-21-12-8-16(9-13-21)15-6-2-1-3-7-15/h1-3,6-8H,4-5,9-14H2,(H,20,24)/p+1. The lowest BCUT2D eigenvalue weighted by molar-refractivity contribution is -0.902. The molecule has 1 aromatic carbocycles. The number of rotatable bonds is 3. The second-order valence-electron chi connectivity index (χ2n) is 7.16. The van der Waals surface area contributed by atoms with Gasteiger partial charge >= 0.3 is 6.03 Å². The number of benzene rings is 1. The Morgan fingerprint density at radius 3 is 2.54 bits per heavy atom. The largest absolute Gasteiger partial charge is 0.329 e. The molecule has 2 aliphatic heterocycles. The van der Waals surface area contributed by atoms with Gasteiger partial charge in [-0.1, -0.05) is 43.2 Å². The van der Waals surface area contributed by atoms with E-state index in [0.717, 1.165) is 45.2 Å². The van der Waals surface area contributed by atoms with Gasteiger partial charge in [0.25, 0.3) is 5.91 Å². The topological polar surface area (TPSA) is 53.9 Å². The fourth-order valence-corrected chi connectivity index (χ4v) is 4.20. The van der Waals surface area contributed by atoms with Gasteiger partial charge in [0.1, 0.15) is 5.54 Å². The quantitative estimate of drug-likeness (QED) is 0.820. The summed E-state index contributed by atoms with van der Waals surface area (Å²) >= 11 is 0. The molecule has 1 atom stereocenters. The maximum Gasteiger partial charge on any atom is 0.329 e. The lowest BCUT2D eigenvalue weighted by Gasteiger charge is -2.27. The molecule has 2 heterocycles. The van der Waals surface area contributed by atoms with E-state index in [0.29, 0.717) is 6.67 Å². The third-order valence-corrected chi connectivity index (χ3v) is 5.61. The van der Waals surface area contributed by atoms with Crippen LogP contribution in [0.1, 0.15) is 37.7 Å². The van der Waals surface area contributed by atoms with Crippen molar-refractivity contribution in [3.05, 3.63) is 42.0 Å². The lowest BCUT2D eigenvalue weighted by Crippen LogP contribution is -3.14. The molecule has 1 spiro atoms. The summed E-state index contributed by atoms with van der Waals surface area (Å²) in [6, 6.07) is 10.2.